The van der Waals surface area contributed by atoms with Crippen LogP contribution in [0, 0.1) is 0 Å². The number of alkyl carbamates (subject to hydrolysis) is 1. The predicted octanol–water partition coefficient (Wildman–Crippen LogP) is 2.35. The summed E-state index contributed by atoms with van der Waals surface area (Å²) in [6.45, 7) is 3.95. The molecule has 132 valence electrons. The van der Waals surface area contributed by atoms with E-state index in [1.165, 1.54) is 0 Å². The van der Waals surface area contributed by atoms with Gasteiger partial charge in [-0.1, -0.05) is 30.3 Å². The molecule has 0 bridgehead atoms. The van der Waals surface area contributed by atoms with Crippen LogP contribution in [0.2, 0.25) is 0 Å². The van der Waals surface area contributed by atoms with Crippen molar-refractivity contribution in [2.45, 2.75) is 69.9 Å². The summed E-state index contributed by atoms with van der Waals surface area (Å²) in [7, 11) is 0. The van der Waals surface area contributed by atoms with Crippen LogP contribution in [0.4, 0.5) is 4.79 Å². The van der Waals surface area contributed by atoms with Crippen molar-refractivity contribution < 1.29 is 24.1 Å². The van der Waals surface area contributed by atoms with E-state index >= 15 is 0 Å². The first kappa shape index (κ1) is 17.2. The molecular formula is C18H25NO5. The van der Waals surface area contributed by atoms with Gasteiger partial charge < -0.3 is 24.6 Å². The first-order valence-electron chi connectivity index (χ1n) is 8.42. The minimum Gasteiger partial charge on any atom is -0.445 e. The SMILES string of the molecule is CC1(C)O[C@@H]2CC(O)C[C@@H](NC(=O)OCc3ccccc3)C[C@H]2O1. The second kappa shape index (κ2) is 7.09. The van der Waals surface area contributed by atoms with Crippen LogP contribution in [0.5, 0.6) is 0 Å². The Hall–Kier alpha value is -1.63. The van der Waals surface area contributed by atoms with Gasteiger partial charge in [0.25, 0.3) is 0 Å². The van der Waals surface area contributed by atoms with Crippen LogP contribution in [0.1, 0.15) is 38.7 Å². The monoisotopic (exact) mass is 335 g/mol. The molecule has 6 nitrogen and oxygen atoms in total. The first-order chi connectivity index (χ1) is 11.4. The maximum atomic E-state index is 12.0. The molecule has 2 fully saturated rings. The molecule has 24 heavy (non-hydrogen) atoms. The number of ether oxygens (including phenoxy) is 3. The van der Waals surface area contributed by atoms with E-state index in [-0.39, 0.29) is 24.9 Å². The molecule has 0 spiro atoms. The highest BCUT2D eigenvalue weighted by Crippen LogP contribution is 2.35. The summed E-state index contributed by atoms with van der Waals surface area (Å²) in [6.07, 6.45) is 0.320. The van der Waals surface area contributed by atoms with E-state index < -0.39 is 18.0 Å². The molecule has 3 rings (SSSR count). The Labute approximate surface area is 142 Å². The number of hydrogen-bond acceptors (Lipinski definition) is 5. The highest BCUT2D eigenvalue weighted by atomic mass is 16.8. The molecule has 0 radical (unpaired) electrons. The van der Waals surface area contributed by atoms with E-state index in [4.69, 9.17) is 14.2 Å². The molecular weight excluding hydrogens is 310 g/mol. The van der Waals surface area contributed by atoms with E-state index in [9.17, 15) is 9.90 Å². The quantitative estimate of drug-likeness (QED) is 0.887. The first-order valence-corrected chi connectivity index (χ1v) is 8.42. The summed E-state index contributed by atoms with van der Waals surface area (Å²) in [5.41, 5.74) is 0.933. The third kappa shape index (κ3) is 4.47. The fourth-order valence-corrected chi connectivity index (χ4v) is 3.43. The molecule has 2 aliphatic rings. The predicted molar refractivity (Wildman–Crippen MR) is 87.2 cm³/mol. The van der Waals surface area contributed by atoms with Crippen molar-refractivity contribution >= 4 is 6.09 Å². The van der Waals surface area contributed by atoms with Crippen LogP contribution in [0.3, 0.4) is 0 Å². The summed E-state index contributed by atoms with van der Waals surface area (Å²) >= 11 is 0. The van der Waals surface area contributed by atoms with Crippen LogP contribution in [0.15, 0.2) is 30.3 Å². The number of nitrogens with one attached hydrogen (secondary N) is 1. The van der Waals surface area contributed by atoms with E-state index in [0.717, 1.165) is 5.56 Å². The average Bonchev–Trinajstić information content (AvgIpc) is 2.71. The fourth-order valence-electron chi connectivity index (χ4n) is 3.43. The highest BCUT2D eigenvalue weighted by Gasteiger charge is 2.45. The number of hydrogen-bond donors (Lipinski definition) is 2. The van der Waals surface area contributed by atoms with Gasteiger partial charge in [0, 0.05) is 12.5 Å². The number of carbonyl (C=O) groups excluding carboxylic acids is 1. The van der Waals surface area contributed by atoms with Crippen molar-refractivity contribution in [3.8, 4) is 0 Å². The van der Waals surface area contributed by atoms with Crippen molar-refractivity contribution in [2.24, 2.45) is 0 Å². The van der Waals surface area contributed by atoms with Gasteiger partial charge in [-0.2, -0.15) is 0 Å². The van der Waals surface area contributed by atoms with Crippen LogP contribution >= 0.6 is 0 Å². The summed E-state index contributed by atoms with van der Waals surface area (Å²) in [5.74, 6) is -0.648. The van der Waals surface area contributed by atoms with Gasteiger partial charge in [0.1, 0.15) is 6.61 Å². The Bertz CT molecular complexity index is 562. The summed E-state index contributed by atoms with van der Waals surface area (Å²) in [6, 6.07) is 9.32. The van der Waals surface area contributed by atoms with Crippen LogP contribution < -0.4 is 5.32 Å². The lowest BCUT2D eigenvalue weighted by Gasteiger charge is -2.22. The molecule has 6 heteroatoms. The molecule has 2 N–H and O–H groups in total. The molecule has 1 saturated heterocycles. The van der Waals surface area contributed by atoms with Gasteiger partial charge in [-0.15, -0.1) is 0 Å². The molecule has 1 saturated carbocycles. The number of rotatable bonds is 3. The molecule has 1 heterocycles. The van der Waals surface area contributed by atoms with Crippen molar-refractivity contribution in [1.29, 1.82) is 0 Å². The molecule has 1 amide bonds. The second-order valence-electron chi connectivity index (χ2n) is 6.98. The van der Waals surface area contributed by atoms with Crippen molar-refractivity contribution in [3.05, 3.63) is 35.9 Å². The van der Waals surface area contributed by atoms with Gasteiger partial charge in [-0.25, -0.2) is 4.79 Å². The van der Waals surface area contributed by atoms with Gasteiger partial charge in [0.15, 0.2) is 5.79 Å². The zero-order valence-corrected chi connectivity index (χ0v) is 14.1. The molecule has 4 atom stereocenters. The van der Waals surface area contributed by atoms with Gasteiger partial charge in [0.2, 0.25) is 0 Å². The number of carbonyl (C=O) groups is 1. The second-order valence-corrected chi connectivity index (χ2v) is 6.98. The number of aliphatic hydroxyl groups is 1. The lowest BCUT2D eigenvalue weighted by atomic mass is 10.1. The summed E-state index contributed by atoms with van der Waals surface area (Å²) < 4.78 is 17.0. The number of aliphatic hydroxyl groups excluding tert-OH is 1. The van der Waals surface area contributed by atoms with Crippen molar-refractivity contribution in [2.75, 3.05) is 0 Å². The Morgan fingerprint density at radius 3 is 2.58 bits per heavy atom. The van der Waals surface area contributed by atoms with E-state index in [2.05, 4.69) is 5.32 Å². The van der Waals surface area contributed by atoms with E-state index in [1.807, 2.05) is 44.2 Å². The topological polar surface area (TPSA) is 77.0 Å². The van der Waals surface area contributed by atoms with Gasteiger partial charge in [0.05, 0.1) is 18.3 Å². The normalized spacial score (nSPS) is 31.8. The Morgan fingerprint density at radius 1 is 1.21 bits per heavy atom. The largest absolute Gasteiger partial charge is 0.445 e. The lowest BCUT2D eigenvalue weighted by Crippen LogP contribution is -2.39. The van der Waals surface area contributed by atoms with E-state index in [1.54, 1.807) is 0 Å². The highest BCUT2D eigenvalue weighted by molar-refractivity contribution is 5.67. The molecule has 1 aliphatic carbocycles. The van der Waals surface area contributed by atoms with Crippen LogP contribution in [-0.2, 0) is 20.8 Å². The maximum Gasteiger partial charge on any atom is 0.407 e. The zero-order chi connectivity index (χ0) is 17.2. The Kier molecular flexibility index (Phi) is 5.08. The Morgan fingerprint density at radius 2 is 1.88 bits per heavy atom. The van der Waals surface area contributed by atoms with Crippen molar-refractivity contribution in [1.82, 2.24) is 5.32 Å². The standard InChI is InChI=1S/C18H25NO5/c1-18(2)23-15-9-13(8-14(20)10-16(15)24-18)19-17(21)22-11-12-6-4-3-5-7-12/h3-7,13-16,20H,8-11H2,1-2H3,(H,19,21)/t13-,14?,15-,16-/m1/s1. The minimum atomic E-state index is -0.648. The molecule has 1 unspecified atom stereocenters. The average molecular weight is 335 g/mol. The molecule has 1 aromatic carbocycles. The number of benzene rings is 1. The maximum absolute atomic E-state index is 12.0. The lowest BCUT2D eigenvalue weighted by molar-refractivity contribution is -0.150. The molecule has 0 aromatic heterocycles. The van der Waals surface area contributed by atoms with Gasteiger partial charge >= 0.3 is 6.09 Å². The fraction of sp³-hybridized carbons (Fsp3) is 0.611. The third-order valence-electron chi connectivity index (χ3n) is 4.40. The summed E-state index contributed by atoms with van der Waals surface area (Å²) in [5, 5.41) is 13.0. The van der Waals surface area contributed by atoms with Crippen LogP contribution in [0.25, 0.3) is 0 Å². The van der Waals surface area contributed by atoms with E-state index in [0.29, 0.717) is 19.3 Å². The number of amides is 1. The van der Waals surface area contributed by atoms with Crippen LogP contribution in [-0.4, -0.2) is 41.3 Å². The minimum absolute atomic E-state index is 0.128. The third-order valence-corrected chi connectivity index (χ3v) is 4.40. The zero-order valence-electron chi connectivity index (χ0n) is 14.1. The number of fused-ring (bicyclic) bond motifs is 1. The Balaban J connectivity index is 1.53. The van der Waals surface area contributed by atoms with Crippen molar-refractivity contribution in [3.63, 3.8) is 0 Å². The van der Waals surface area contributed by atoms with Gasteiger partial charge in [-0.3, -0.25) is 0 Å². The summed E-state index contributed by atoms with van der Waals surface area (Å²) in [4.78, 5) is 12.0. The molecule has 1 aromatic rings. The van der Waals surface area contributed by atoms with Gasteiger partial charge in [-0.05, 0) is 32.3 Å². The smallest absolute Gasteiger partial charge is 0.407 e. The molecule has 1 aliphatic heterocycles.